The van der Waals surface area contributed by atoms with E-state index in [1.807, 2.05) is 13.0 Å². The van der Waals surface area contributed by atoms with Crippen LogP contribution in [0.3, 0.4) is 0 Å². The summed E-state index contributed by atoms with van der Waals surface area (Å²) in [4.78, 5) is 14.1. The van der Waals surface area contributed by atoms with Crippen LogP contribution in [0.5, 0.6) is 11.5 Å². The average molecular weight is 353 g/mol. The molecule has 0 atom stereocenters. The topological polar surface area (TPSA) is 56.6 Å². The Bertz CT molecular complexity index is 719. The van der Waals surface area contributed by atoms with Crippen LogP contribution in [0.25, 0.3) is 0 Å². The number of nitrogens with zero attached hydrogens (tertiary/aromatic N) is 3. The molecule has 0 unspecified atom stereocenters. The van der Waals surface area contributed by atoms with Crippen molar-refractivity contribution < 1.29 is 23.0 Å². The Kier molecular flexibility index (Phi) is 6.32. The van der Waals surface area contributed by atoms with E-state index in [2.05, 4.69) is 9.84 Å². The molecule has 0 radical (unpaired) electrons. The van der Waals surface area contributed by atoms with Gasteiger partial charge in [0.2, 0.25) is 0 Å². The van der Waals surface area contributed by atoms with Gasteiger partial charge in [0, 0.05) is 25.4 Å². The molecule has 0 fully saturated rings. The maximum absolute atomic E-state index is 12.6. The monoisotopic (exact) mass is 353 g/mol. The molecular formula is C17H21F2N3O3. The lowest BCUT2D eigenvalue weighted by atomic mass is 10.1. The lowest BCUT2D eigenvalue weighted by molar-refractivity contribution is -0.0514. The van der Waals surface area contributed by atoms with Crippen molar-refractivity contribution in [3.05, 3.63) is 41.7 Å². The van der Waals surface area contributed by atoms with E-state index < -0.39 is 6.61 Å². The zero-order chi connectivity index (χ0) is 18.4. The molecule has 1 amide bonds. The van der Waals surface area contributed by atoms with Gasteiger partial charge >= 0.3 is 6.61 Å². The van der Waals surface area contributed by atoms with Gasteiger partial charge in [-0.1, -0.05) is 0 Å². The molecule has 0 saturated heterocycles. The second-order valence-electron chi connectivity index (χ2n) is 5.27. The van der Waals surface area contributed by atoms with Crippen LogP contribution in [-0.2, 0) is 13.1 Å². The Morgan fingerprint density at radius 3 is 2.68 bits per heavy atom. The van der Waals surface area contributed by atoms with Gasteiger partial charge in [-0.2, -0.15) is 13.9 Å². The summed E-state index contributed by atoms with van der Waals surface area (Å²) in [7, 11) is 1.67. The van der Waals surface area contributed by atoms with E-state index in [-0.39, 0.29) is 24.0 Å². The largest absolute Gasteiger partial charge is 0.490 e. The fourth-order valence-electron chi connectivity index (χ4n) is 2.42. The Morgan fingerprint density at radius 1 is 1.28 bits per heavy atom. The number of carbonyl (C=O) groups is 1. The van der Waals surface area contributed by atoms with E-state index in [9.17, 15) is 13.6 Å². The maximum atomic E-state index is 12.6. The predicted molar refractivity (Wildman–Crippen MR) is 87.9 cm³/mol. The second-order valence-corrected chi connectivity index (χ2v) is 5.27. The Hall–Kier alpha value is -2.64. The van der Waals surface area contributed by atoms with Gasteiger partial charge in [0.1, 0.15) is 0 Å². The normalized spacial score (nSPS) is 10.8. The van der Waals surface area contributed by atoms with E-state index in [0.29, 0.717) is 18.7 Å². The molecule has 0 bridgehead atoms. The molecular weight excluding hydrogens is 332 g/mol. The standard InChI is InChI=1S/C17H21F2N3O3/c1-4-22-13(8-9-20-22)11-21(3)16(23)12-6-7-14(25-17(18)19)15(10-12)24-5-2/h6-10,17H,4-5,11H2,1-3H3. The first-order chi connectivity index (χ1) is 12.0. The third-order valence-electron chi connectivity index (χ3n) is 3.56. The minimum atomic E-state index is -2.96. The molecule has 6 nitrogen and oxygen atoms in total. The van der Waals surface area contributed by atoms with Crippen LogP contribution in [0.15, 0.2) is 30.5 Å². The number of aryl methyl sites for hydroxylation is 1. The van der Waals surface area contributed by atoms with Crippen LogP contribution in [-0.4, -0.2) is 40.9 Å². The predicted octanol–water partition coefficient (Wildman–Crippen LogP) is 3.18. The number of alkyl halides is 2. The molecule has 0 spiro atoms. The molecule has 25 heavy (non-hydrogen) atoms. The number of hydrogen-bond acceptors (Lipinski definition) is 4. The third kappa shape index (κ3) is 4.68. The molecule has 8 heteroatoms. The summed E-state index contributed by atoms with van der Waals surface area (Å²) >= 11 is 0. The molecule has 0 aliphatic rings. The minimum absolute atomic E-state index is 0.0971. The summed E-state index contributed by atoms with van der Waals surface area (Å²) in [5, 5.41) is 4.17. The highest BCUT2D eigenvalue weighted by atomic mass is 19.3. The van der Waals surface area contributed by atoms with Crippen molar-refractivity contribution in [3.63, 3.8) is 0 Å². The molecule has 136 valence electrons. The first-order valence-electron chi connectivity index (χ1n) is 7.94. The van der Waals surface area contributed by atoms with Crippen molar-refractivity contribution in [1.82, 2.24) is 14.7 Å². The molecule has 2 rings (SSSR count). The Morgan fingerprint density at radius 2 is 2.04 bits per heavy atom. The summed E-state index contributed by atoms with van der Waals surface area (Å²) in [6.07, 6.45) is 1.68. The summed E-state index contributed by atoms with van der Waals surface area (Å²) in [6, 6.07) is 6.01. The van der Waals surface area contributed by atoms with Gasteiger partial charge in [-0.05, 0) is 38.1 Å². The molecule has 1 aromatic heterocycles. The lowest BCUT2D eigenvalue weighted by Gasteiger charge is -2.19. The number of halogens is 2. The van der Waals surface area contributed by atoms with Crippen LogP contribution in [0.1, 0.15) is 29.9 Å². The zero-order valence-corrected chi connectivity index (χ0v) is 14.4. The van der Waals surface area contributed by atoms with Crippen LogP contribution < -0.4 is 9.47 Å². The highest BCUT2D eigenvalue weighted by Crippen LogP contribution is 2.30. The summed E-state index contributed by atoms with van der Waals surface area (Å²) in [5.41, 5.74) is 1.23. The Labute approximate surface area is 144 Å². The SMILES string of the molecule is CCOc1cc(C(=O)N(C)Cc2ccnn2CC)ccc1OC(F)F. The average Bonchev–Trinajstić information content (AvgIpc) is 3.02. The van der Waals surface area contributed by atoms with Gasteiger partial charge in [0.25, 0.3) is 5.91 Å². The van der Waals surface area contributed by atoms with Gasteiger partial charge in [-0.15, -0.1) is 0 Å². The van der Waals surface area contributed by atoms with E-state index >= 15 is 0 Å². The summed E-state index contributed by atoms with van der Waals surface area (Å²) < 4.78 is 36.4. The molecule has 0 saturated carbocycles. The highest BCUT2D eigenvalue weighted by Gasteiger charge is 2.18. The molecule has 1 aromatic carbocycles. The van der Waals surface area contributed by atoms with Gasteiger partial charge in [0.05, 0.1) is 18.8 Å². The van der Waals surface area contributed by atoms with Crippen LogP contribution >= 0.6 is 0 Å². The van der Waals surface area contributed by atoms with E-state index in [0.717, 1.165) is 5.69 Å². The Balaban J connectivity index is 2.18. The number of rotatable bonds is 8. The zero-order valence-electron chi connectivity index (χ0n) is 14.4. The molecule has 2 aromatic rings. The van der Waals surface area contributed by atoms with Gasteiger partial charge < -0.3 is 14.4 Å². The van der Waals surface area contributed by atoms with Crippen molar-refractivity contribution in [2.24, 2.45) is 0 Å². The molecule has 0 N–H and O–H groups in total. The van der Waals surface area contributed by atoms with E-state index in [1.165, 1.54) is 23.1 Å². The third-order valence-corrected chi connectivity index (χ3v) is 3.56. The smallest absolute Gasteiger partial charge is 0.387 e. The number of amides is 1. The second kappa shape index (κ2) is 8.46. The molecule has 0 aliphatic heterocycles. The van der Waals surface area contributed by atoms with E-state index in [1.54, 1.807) is 24.9 Å². The number of hydrogen-bond donors (Lipinski definition) is 0. The summed E-state index contributed by atoms with van der Waals surface area (Å²) in [6.45, 7) is 2.08. The molecule has 0 aliphatic carbocycles. The van der Waals surface area contributed by atoms with Crippen molar-refractivity contribution in [3.8, 4) is 11.5 Å². The number of aromatic nitrogens is 2. The van der Waals surface area contributed by atoms with Crippen molar-refractivity contribution in [2.75, 3.05) is 13.7 Å². The highest BCUT2D eigenvalue weighted by molar-refractivity contribution is 5.94. The van der Waals surface area contributed by atoms with Crippen LogP contribution in [0.4, 0.5) is 8.78 Å². The summed E-state index contributed by atoms with van der Waals surface area (Å²) in [5.74, 6) is -0.242. The fraction of sp³-hybridized carbons (Fsp3) is 0.412. The van der Waals surface area contributed by atoms with Crippen molar-refractivity contribution in [1.29, 1.82) is 0 Å². The quantitative estimate of drug-likeness (QED) is 0.731. The number of carbonyl (C=O) groups excluding carboxylic acids is 1. The van der Waals surface area contributed by atoms with E-state index in [4.69, 9.17) is 4.74 Å². The molecule has 1 heterocycles. The van der Waals surface area contributed by atoms with Gasteiger partial charge in [-0.3, -0.25) is 9.48 Å². The van der Waals surface area contributed by atoms with Crippen molar-refractivity contribution >= 4 is 5.91 Å². The number of benzene rings is 1. The first kappa shape index (κ1) is 18.7. The first-order valence-corrected chi connectivity index (χ1v) is 7.94. The number of ether oxygens (including phenoxy) is 2. The maximum Gasteiger partial charge on any atom is 0.387 e. The minimum Gasteiger partial charge on any atom is -0.490 e. The van der Waals surface area contributed by atoms with Gasteiger partial charge in [0.15, 0.2) is 11.5 Å². The van der Waals surface area contributed by atoms with Crippen molar-refractivity contribution in [2.45, 2.75) is 33.5 Å². The van der Waals surface area contributed by atoms with Crippen LogP contribution in [0, 0.1) is 0 Å². The lowest BCUT2D eigenvalue weighted by Crippen LogP contribution is -2.27. The van der Waals surface area contributed by atoms with Crippen LogP contribution in [0.2, 0.25) is 0 Å². The fourth-order valence-corrected chi connectivity index (χ4v) is 2.42. The van der Waals surface area contributed by atoms with Gasteiger partial charge in [-0.25, -0.2) is 0 Å².